The van der Waals surface area contributed by atoms with Gasteiger partial charge < -0.3 is 18.9 Å². The van der Waals surface area contributed by atoms with Crippen LogP contribution in [-0.2, 0) is 25.6 Å². The number of aromatic nitrogens is 2. The van der Waals surface area contributed by atoms with Crippen molar-refractivity contribution < 1.29 is 19.1 Å². The van der Waals surface area contributed by atoms with Crippen LogP contribution < -0.4 is 0 Å². The number of hydrogen-bond acceptors (Lipinski definition) is 6. The first-order valence-electron chi connectivity index (χ1n) is 23.5. The maximum Gasteiger partial charge on any atom is 0.308 e. The van der Waals surface area contributed by atoms with Crippen molar-refractivity contribution in [2.24, 2.45) is 11.8 Å². The molecule has 0 aliphatic heterocycles. The number of aryl methyl sites for hydroxylation is 2. The fourth-order valence-corrected chi connectivity index (χ4v) is 7.63. The van der Waals surface area contributed by atoms with Gasteiger partial charge in [0.2, 0.25) is 0 Å². The van der Waals surface area contributed by atoms with E-state index in [1.54, 1.807) is 0 Å². The highest BCUT2D eigenvalue weighted by Gasteiger charge is 2.20. The molecular weight excluding hydrogens is 671 g/mol. The highest BCUT2D eigenvalue weighted by atomic mass is 16.5. The maximum atomic E-state index is 13.1. The van der Waals surface area contributed by atoms with Gasteiger partial charge in [-0.05, 0) is 84.3 Å². The number of nitrogens with zero attached hydrogens (tertiary/aromatic N) is 3. The van der Waals surface area contributed by atoms with Crippen molar-refractivity contribution in [3.63, 3.8) is 0 Å². The van der Waals surface area contributed by atoms with Crippen molar-refractivity contribution in [1.29, 1.82) is 0 Å². The zero-order valence-electron chi connectivity index (χ0n) is 36.5. The largest absolute Gasteiger partial charge is 0.465 e. The van der Waals surface area contributed by atoms with Crippen molar-refractivity contribution in [3.8, 4) is 0 Å². The van der Waals surface area contributed by atoms with Crippen LogP contribution in [0.4, 0.5) is 0 Å². The van der Waals surface area contributed by atoms with Crippen LogP contribution in [0.25, 0.3) is 0 Å². The van der Waals surface area contributed by atoms with E-state index in [-0.39, 0.29) is 23.8 Å². The molecule has 0 N–H and O–H groups in total. The van der Waals surface area contributed by atoms with E-state index >= 15 is 0 Å². The minimum Gasteiger partial charge on any atom is -0.465 e. The zero-order valence-corrected chi connectivity index (χ0v) is 36.5. The van der Waals surface area contributed by atoms with Gasteiger partial charge >= 0.3 is 11.9 Å². The van der Waals surface area contributed by atoms with Crippen molar-refractivity contribution >= 4 is 11.9 Å². The molecule has 0 amide bonds. The summed E-state index contributed by atoms with van der Waals surface area (Å²) in [5, 5.41) is 0. The molecule has 316 valence electrons. The molecule has 7 nitrogen and oxygen atoms in total. The lowest BCUT2D eigenvalue weighted by atomic mass is 9.94. The molecule has 0 bridgehead atoms. The average molecular weight is 760 g/mol. The Kier molecular flexibility index (Phi) is 34.1. The van der Waals surface area contributed by atoms with E-state index in [0.717, 1.165) is 115 Å². The standard InChI is InChI=1S/C47H89N3O4/c1-6-10-14-18-20-24-33-44(31-22-16-12-8-3)46(51)53-41-28-26-36-49(38-30-39-50-40-35-48-43(50)5)37-27-29-42-54-47(52)45(32-23-17-13-9-4)34-25-21-19-15-11-7-2/h35,40,44-45H,6-34,36-39,41-42H2,1-5H3. The van der Waals surface area contributed by atoms with Gasteiger partial charge in [0, 0.05) is 18.9 Å². The van der Waals surface area contributed by atoms with Gasteiger partial charge in [-0.3, -0.25) is 9.59 Å². The first-order chi connectivity index (χ1) is 26.5. The molecule has 1 aromatic heterocycles. The van der Waals surface area contributed by atoms with Crippen LogP contribution in [0.3, 0.4) is 0 Å². The summed E-state index contributed by atoms with van der Waals surface area (Å²) in [5.74, 6) is 1.27. The third kappa shape index (κ3) is 27.7. The molecule has 54 heavy (non-hydrogen) atoms. The van der Waals surface area contributed by atoms with Crippen LogP contribution in [0.15, 0.2) is 12.4 Å². The van der Waals surface area contributed by atoms with Crippen LogP contribution in [0.2, 0.25) is 0 Å². The van der Waals surface area contributed by atoms with Gasteiger partial charge in [0.15, 0.2) is 0 Å². The van der Waals surface area contributed by atoms with E-state index in [0.29, 0.717) is 13.2 Å². The lowest BCUT2D eigenvalue weighted by molar-refractivity contribution is -0.150. The van der Waals surface area contributed by atoms with Gasteiger partial charge in [0.05, 0.1) is 25.0 Å². The molecule has 1 aromatic rings. The molecule has 7 heteroatoms. The number of unbranched alkanes of at least 4 members (excludes halogenated alkanes) is 18. The molecular formula is C47H89N3O4. The fourth-order valence-electron chi connectivity index (χ4n) is 7.63. The number of ether oxygens (including phenoxy) is 2. The lowest BCUT2D eigenvalue weighted by Gasteiger charge is -2.23. The SMILES string of the molecule is CCCCCCCCC(CCCCCC)C(=O)OCCCCN(CCCCOC(=O)C(CCCCCC)CCCCCCCC)CCCn1ccnc1C. The van der Waals surface area contributed by atoms with E-state index in [4.69, 9.17) is 9.47 Å². The van der Waals surface area contributed by atoms with E-state index < -0.39 is 0 Å². The average Bonchev–Trinajstić information content (AvgIpc) is 3.59. The van der Waals surface area contributed by atoms with Gasteiger partial charge in [-0.25, -0.2) is 4.98 Å². The molecule has 0 radical (unpaired) electrons. The highest BCUT2D eigenvalue weighted by Crippen LogP contribution is 2.22. The number of carbonyl (C=O) groups is 2. The summed E-state index contributed by atoms with van der Waals surface area (Å²) in [6.45, 7) is 16.1. The summed E-state index contributed by atoms with van der Waals surface area (Å²) >= 11 is 0. The molecule has 0 aliphatic rings. The smallest absolute Gasteiger partial charge is 0.308 e. The Labute approximate surface area is 334 Å². The molecule has 0 fully saturated rings. The zero-order chi connectivity index (χ0) is 39.3. The Bertz CT molecular complexity index is 928. The topological polar surface area (TPSA) is 73.7 Å². The van der Waals surface area contributed by atoms with Crippen molar-refractivity contribution in [1.82, 2.24) is 14.5 Å². The second kappa shape index (κ2) is 36.7. The number of esters is 2. The summed E-state index contributed by atoms with van der Waals surface area (Å²) in [7, 11) is 0. The summed E-state index contributed by atoms with van der Waals surface area (Å²) in [6, 6.07) is 0. The molecule has 0 spiro atoms. The van der Waals surface area contributed by atoms with Crippen LogP contribution in [0.1, 0.15) is 220 Å². The predicted octanol–water partition coefficient (Wildman–Crippen LogP) is 13.2. The second-order valence-corrected chi connectivity index (χ2v) is 16.3. The fraction of sp³-hybridized carbons (Fsp3) is 0.894. The maximum absolute atomic E-state index is 13.1. The minimum atomic E-state index is 0.0392. The van der Waals surface area contributed by atoms with Crippen molar-refractivity contribution in [2.75, 3.05) is 32.8 Å². The third-order valence-corrected chi connectivity index (χ3v) is 11.3. The van der Waals surface area contributed by atoms with Gasteiger partial charge in [0.1, 0.15) is 5.82 Å². The minimum absolute atomic E-state index is 0.0392. The quantitative estimate of drug-likeness (QED) is 0.0490. The Morgan fingerprint density at radius 1 is 0.537 bits per heavy atom. The molecule has 0 aromatic carbocycles. The van der Waals surface area contributed by atoms with Crippen LogP contribution in [0.5, 0.6) is 0 Å². The first kappa shape index (κ1) is 50.1. The van der Waals surface area contributed by atoms with Gasteiger partial charge in [-0.1, -0.05) is 156 Å². The molecule has 0 saturated heterocycles. The van der Waals surface area contributed by atoms with E-state index in [9.17, 15) is 9.59 Å². The molecule has 0 aliphatic carbocycles. The van der Waals surface area contributed by atoms with E-state index in [1.165, 1.54) is 103 Å². The van der Waals surface area contributed by atoms with Gasteiger partial charge in [-0.15, -0.1) is 0 Å². The molecule has 2 atom stereocenters. The first-order valence-corrected chi connectivity index (χ1v) is 23.5. The number of carbonyl (C=O) groups excluding carboxylic acids is 2. The highest BCUT2D eigenvalue weighted by molar-refractivity contribution is 5.72. The van der Waals surface area contributed by atoms with Crippen molar-refractivity contribution in [2.45, 2.75) is 227 Å². The van der Waals surface area contributed by atoms with Crippen molar-refractivity contribution in [3.05, 3.63) is 18.2 Å². The van der Waals surface area contributed by atoms with Crippen LogP contribution in [-0.4, -0.2) is 59.2 Å². The molecule has 2 unspecified atom stereocenters. The summed E-state index contributed by atoms with van der Waals surface area (Å²) in [6.07, 6.45) is 37.5. The van der Waals surface area contributed by atoms with Crippen LogP contribution in [0, 0.1) is 18.8 Å². The van der Waals surface area contributed by atoms with Gasteiger partial charge in [0.25, 0.3) is 0 Å². The van der Waals surface area contributed by atoms with Crippen LogP contribution >= 0.6 is 0 Å². The van der Waals surface area contributed by atoms with E-state index in [2.05, 4.69) is 55.3 Å². The second-order valence-electron chi connectivity index (χ2n) is 16.3. The Morgan fingerprint density at radius 3 is 1.30 bits per heavy atom. The Morgan fingerprint density at radius 2 is 0.907 bits per heavy atom. The van der Waals surface area contributed by atoms with E-state index in [1.807, 2.05) is 6.20 Å². The Balaban J connectivity index is 2.54. The lowest BCUT2D eigenvalue weighted by Crippen LogP contribution is -2.29. The predicted molar refractivity (Wildman–Crippen MR) is 229 cm³/mol. The number of rotatable bonds is 40. The number of imidazole rings is 1. The molecule has 0 saturated carbocycles. The summed E-state index contributed by atoms with van der Waals surface area (Å²) < 4.78 is 14.0. The summed E-state index contributed by atoms with van der Waals surface area (Å²) in [5.41, 5.74) is 0. The molecule has 1 rings (SSSR count). The Hall–Kier alpha value is -1.89. The normalized spacial score (nSPS) is 12.7. The van der Waals surface area contributed by atoms with Gasteiger partial charge in [-0.2, -0.15) is 0 Å². The summed E-state index contributed by atoms with van der Waals surface area (Å²) in [4.78, 5) is 33.2. The molecule has 1 heterocycles. The third-order valence-electron chi connectivity index (χ3n) is 11.3. The number of hydrogen-bond donors (Lipinski definition) is 0. The monoisotopic (exact) mass is 760 g/mol.